The van der Waals surface area contributed by atoms with Crippen LogP contribution in [0.2, 0.25) is 0 Å². The summed E-state index contributed by atoms with van der Waals surface area (Å²) in [5.41, 5.74) is 2.28. The summed E-state index contributed by atoms with van der Waals surface area (Å²) in [5.74, 6) is 0. The fraction of sp³-hybridized carbons (Fsp3) is 0.593. The molecule has 0 aliphatic heterocycles. The molecule has 0 aliphatic carbocycles. The first kappa shape index (κ1) is 25.0. The van der Waals surface area contributed by atoms with Gasteiger partial charge in [0.2, 0.25) is 5.69 Å². The van der Waals surface area contributed by atoms with Gasteiger partial charge in [-0.25, -0.2) is 0 Å². The first-order valence-electron chi connectivity index (χ1n) is 12.5. The second-order valence-corrected chi connectivity index (χ2v) is 8.68. The summed E-state index contributed by atoms with van der Waals surface area (Å²) < 4.78 is 2.27. The van der Waals surface area contributed by atoms with Crippen LogP contribution in [0.5, 0.6) is 0 Å². The SMILES string of the molecule is CCCCCCCCCCCCCCCC[n+]1ccccc1-c1ccc([N+](=O)[O-])cc1. The molecule has 0 amide bonds. The van der Waals surface area contributed by atoms with Gasteiger partial charge < -0.3 is 0 Å². The lowest BCUT2D eigenvalue weighted by atomic mass is 10.0. The van der Waals surface area contributed by atoms with Crippen molar-refractivity contribution in [2.75, 3.05) is 0 Å². The molecule has 0 spiro atoms. The molecule has 31 heavy (non-hydrogen) atoms. The van der Waals surface area contributed by atoms with Gasteiger partial charge in [0, 0.05) is 36.2 Å². The highest BCUT2D eigenvalue weighted by atomic mass is 16.6. The maximum atomic E-state index is 10.9. The topological polar surface area (TPSA) is 47.0 Å². The van der Waals surface area contributed by atoms with E-state index in [1.165, 1.54) is 89.9 Å². The van der Waals surface area contributed by atoms with Gasteiger partial charge in [-0.3, -0.25) is 10.1 Å². The lowest BCUT2D eigenvalue weighted by Gasteiger charge is -2.05. The molecule has 0 saturated carbocycles. The lowest BCUT2D eigenvalue weighted by Crippen LogP contribution is -2.35. The average molecular weight is 426 g/mol. The van der Waals surface area contributed by atoms with E-state index in [1.54, 1.807) is 12.1 Å². The standard InChI is InChI=1S/C27H41N2O2/c1-2-3-4-5-6-7-8-9-10-11-12-13-14-16-23-28-24-17-15-18-27(28)25-19-21-26(22-20-25)29(30)31/h15,17-22,24H,2-14,16,23H2,1H3/q+1. The van der Waals surface area contributed by atoms with Crippen molar-refractivity contribution in [2.24, 2.45) is 0 Å². The van der Waals surface area contributed by atoms with Gasteiger partial charge >= 0.3 is 0 Å². The molecule has 4 heteroatoms. The van der Waals surface area contributed by atoms with Crippen LogP contribution < -0.4 is 4.57 Å². The van der Waals surface area contributed by atoms with E-state index >= 15 is 0 Å². The number of aromatic nitrogens is 1. The number of aryl methyl sites for hydroxylation is 1. The van der Waals surface area contributed by atoms with Crippen molar-refractivity contribution in [3.63, 3.8) is 0 Å². The maximum Gasteiger partial charge on any atom is 0.269 e. The number of hydrogen-bond donors (Lipinski definition) is 0. The van der Waals surface area contributed by atoms with Crippen LogP contribution in [-0.2, 0) is 6.54 Å². The van der Waals surface area contributed by atoms with E-state index < -0.39 is 0 Å². The average Bonchev–Trinajstić information content (AvgIpc) is 2.79. The predicted molar refractivity (Wildman–Crippen MR) is 129 cm³/mol. The zero-order valence-electron chi connectivity index (χ0n) is 19.4. The molecular weight excluding hydrogens is 384 g/mol. The zero-order valence-corrected chi connectivity index (χ0v) is 19.4. The number of unbranched alkanes of at least 4 members (excludes halogenated alkanes) is 13. The van der Waals surface area contributed by atoms with Gasteiger partial charge in [-0.15, -0.1) is 0 Å². The fourth-order valence-electron chi connectivity index (χ4n) is 4.16. The molecule has 0 aliphatic rings. The van der Waals surface area contributed by atoms with E-state index in [0.717, 1.165) is 17.8 Å². The number of pyridine rings is 1. The third-order valence-electron chi connectivity index (χ3n) is 6.07. The third-order valence-corrected chi connectivity index (χ3v) is 6.07. The Morgan fingerprint density at radius 2 is 1.23 bits per heavy atom. The minimum atomic E-state index is -0.350. The van der Waals surface area contributed by atoms with E-state index in [1.807, 2.05) is 18.2 Å². The van der Waals surface area contributed by atoms with E-state index in [2.05, 4.69) is 29.8 Å². The third kappa shape index (κ3) is 10.1. The van der Waals surface area contributed by atoms with Crippen molar-refractivity contribution in [3.8, 4) is 11.3 Å². The number of benzene rings is 1. The van der Waals surface area contributed by atoms with Gasteiger partial charge in [-0.1, -0.05) is 84.0 Å². The van der Waals surface area contributed by atoms with Crippen molar-refractivity contribution in [1.29, 1.82) is 0 Å². The summed E-state index contributed by atoms with van der Waals surface area (Å²) in [6.45, 7) is 3.27. The number of non-ortho nitro benzene ring substituents is 1. The molecule has 4 nitrogen and oxygen atoms in total. The fourth-order valence-corrected chi connectivity index (χ4v) is 4.16. The molecule has 0 bridgehead atoms. The van der Waals surface area contributed by atoms with Gasteiger partial charge in [0.05, 0.1) is 4.92 Å². The van der Waals surface area contributed by atoms with Crippen molar-refractivity contribution in [2.45, 2.75) is 103 Å². The molecule has 1 aromatic heterocycles. The van der Waals surface area contributed by atoms with Gasteiger partial charge in [0.25, 0.3) is 5.69 Å². The highest BCUT2D eigenvalue weighted by Crippen LogP contribution is 2.20. The first-order chi connectivity index (χ1) is 15.2. The van der Waals surface area contributed by atoms with Crippen molar-refractivity contribution < 1.29 is 9.49 Å². The van der Waals surface area contributed by atoms with Gasteiger partial charge in [-0.05, 0) is 24.6 Å². The second-order valence-electron chi connectivity index (χ2n) is 8.68. The van der Waals surface area contributed by atoms with Crippen molar-refractivity contribution in [1.82, 2.24) is 0 Å². The summed E-state index contributed by atoms with van der Waals surface area (Å²) in [5, 5.41) is 10.9. The van der Waals surface area contributed by atoms with Crippen LogP contribution in [-0.4, -0.2) is 4.92 Å². The van der Waals surface area contributed by atoms with E-state index in [9.17, 15) is 10.1 Å². The summed E-state index contributed by atoms with van der Waals surface area (Å²) in [6, 6.07) is 13.0. The minimum Gasteiger partial charge on any atom is -0.258 e. The molecule has 0 radical (unpaired) electrons. The van der Waals surface area contributed by atoms with Crippen LogP contribution in [0.3, 0.4) is 0 Å². The summed E-state index contributed by atoms with van der Waals surface area (Å²) in [7, 11) is 0. The number of nitro benzene ring substituents is 1. The van der Waals surface area contributed by atoms with E-state index in [4.69, 9.17) is 0 Å². The molecule has 0 atom stereocenters. The Hall–Kier alpha value is -2.23. The Morgan fingerprint density at radius 1 is 0.710 bits per heavy atom. The Kier molecular flexibility index (Phi) is 12.6. The van der Waals surface area contributed by atoms with Crippen molar-refractivity contribution in [3.05, 3.63) is 58.8 Å². The highest BCUT2D eigenvalue weighted by Gasteiger charge is 2.13. The largest absolute Gasteiger partial charge is 0.269 e. The van der Waals surface area contributed by atoms with E-state index in [-0.39, 0.29) is 10.6 Å². The molecule has 2 aromatic rings. The van der Waals surface area contributed by atoms with Crippen LogP contribution in [0, 0.1) is 10.1 Å². The Balaban J connectivity index is 1.57. The maximum absolute atomic E-state index is 10.9. The molecule has 1 heterocycles. The van der Waals surface area contributed by atoms with Crippen LogP contribution in [0.1, 0.15) is 96.8 Å². The molecule has 0 unspecified atom stereocenters. The van der Waals surface area contributed by atoms with Crippen LogP contribution in [0.25, 0.3) is 11.3 Å². The molecule has 0 saturated heterocycles. The molecule has 1 aromatic carbocycles. The van der Waals surface area contributed by atoms with Crippen LogP contribution in [0.15, 0.2) is 48.7 Å². The molecule has 170 valence electrons. The van der Waals surface area contributed by atoms with Crippen LogP contribution in [0.4, 0.5) is 5.69 Å². The monoisotopic (exact) mass is 425 g/mol. The second kappa shape index (κ2) is 15.6. The number of nitro groups is 1. The molecule has 2 rings (SSSR count). The van der Waals surface area contributed by atoms with E-state index in [0.29, 0.717) is 0 Å². The number of hydrogen-bond acceptors (Lipinski definition) is 2. The zero-order chi connectivity index (χ0) is 22.2. The number of rotatable bonds is 17. The highest BCUT2D eigenvalue weighted by molar-refractivity contribution is 5.58. The molecule has 0 N–H and O–H groups in total. The lowest BCUT2D eigenvalue weighted by molar-refractivity contribution is -0.686. The summed E-state index contributed by atoms with van der Waals surface area (Å²) >= 11 is 0. The Bertz CT molecular complexity index is 743. The van der Waals surface area contributed by atoms with Crippen molar-refractivity contribution >= 4 is 5.69 Å². The smallest absolute Gasteiger partial charge is 0.258 e. The Labute approximate surface area is 188 Å². The summed E-state index contributed by atoms with van der Waals surface area (Å²) in [4.78, 5) is 10.5. The predicted octanol–water partition coefficient (Wildman–Crippen LogP) is 8.03. The molecule has 0 fully saturated rings. The molecular formula is C27H41N2O2+. The normalized spacial score (nSPS) is 11.0. The first-order valence-corrected chi connectivity index (χ1v) is 12.5. The van der Waals surface area contributed by atoms with Gasteiger partial charge in [-0.2, -0.15) is 4.57 Å². The van der Waals surface area contributed by atoms with Gasteiger partial charge in [0.1, 0.15) is 6.54 Å². The minimum absolute atomic E-state index is 0.137. The number of nitrogens with zero attached hydrogens (tertiary/aromatic N) is 2. The van der Waals surface area contributed by atoms with Crippen LogP contribution >= 0.6 is 0 Å². The quantitative estimate of drug-likeness (QED) is 0.111. The van der Waals surface area contributed by atoms with Gasteiger partial charge in [0.15, 0.2) is 6.20 Å². The Morgan fingerprint density at radius 3 is 1.74 bits per heavy atom. The summed E-state index contributed by atoms with van der Waals surface area (Å²) in [6.07, 6.45) is 21.3.